The molecule has 1 fully saturated rings. The molecule has 1 N–H and O–H groups in total. The van der Waals surface area contributed by atoms with E-state index in [4.69, 9.17) is 0 Å². The maximum atomic E-state index is 12.0. The van der Waals surface area contributed by atoms with Crippen LogP contribution in [0, 0.1) is 11.8 Å². The number of rotatable bonds is 5. The second-order valence-corrected chi connectivity index (χ2v) is 8.36. The quantitative estimate of drug-likeness (QED) is 0.804. The van der Waals surface area contributed by atoms with Gasteiger partial charge in [-0.25, -0.2) is 4.68 Å². The Kier molecular flexibility index (Phi) is 6.14. The van der Waals surface area contributed by atoms with E-state index in [-0.39, 0.29) is 5.56 Å². The van der Waals surface area contributed by atoms with Crippen molar-refractivity contribution in [3.63, 3.8) is 0 Å². The molecule has 140 valence electrons. The summed E-state index contributed by atoms with van der Waals surface area (Å²) in [7, 11) is 1.65. The predicted octanol–water partition coefficient (Wildman–Crippen LogP) is 3.63. The molecule has 5 nitrogen and oxygen atoms in total. The zero-order valence-corrected chi connectivity index (χ0v) is 17.3. The van der Waals surface area contributed by atoms with Crippen molar-refractivity contribution >= 4 is 21.6 Å². The lowest BCUT2D eigenvalue weighted by molar-refractivity contribution is 0.134. The van der Waals surface area contributed by atoms with Crippen molar-refractivity contribution in [3.8, 4) is 0 Å². The van der Waals surface area contributed by atoms with Crippen LogP contribution >= 0.6 is 15.9 Å². The van der Waals surface area contributed by atoms with Crippen LogP contribution in [0.15, 0.2) is 39.7 Å². The lowest BCUT2D eigenvalue weighted by Gasteiger charge is -2.35. The maximum absolute atomic E-state index is 12.0. The normalized spacial score (nSPS) is 20.9. The summed E-state index contributed by atoms with van der Waals surface area (Å²) < 4.78 is 1.84. The molecule has 1 aromatic heterocycles. The van der Waals surface area contributed by atoms with Gasteiger partial charge in [-0.1, -0.05) is 38.1 Å². The second-order valence-electron chi connectivity index (χ2n) is 7.56. The van der Waals surface area contributed by atoms with Crippen LogP contribution in [0.25, 0.3) is 0 Å². The van der Waals surface area contributed by atoms with Crippen molar-refractivity contribution in [2.45, 2.75) is 33.4 Å². The first kappa shape index (κ1) is 19.1. The van der Waals surface area contributed by atoms with Crippen molar-refractivity contribution in [1.82, 2.24) is 14.7 Å². The molecule has 0 radical (unpaired) electrons. The minimum atomic E-state index is -0.139. The number of anilines is 1. The van der Waals surface area contributed by atoms with Crippen molar-refractivity contribution in [2.75, 3.05) is 18.4 Å². The molecule has 0 spiro atoms. The summed E-state index contributed by atoms with van der Waals surface area (Å²) in [5, 5.41) is 7.44. The Morgan fingerprint density at radius 1 is 1.19 bits per heavy atom. The number of hydrogen-bond acceptors (Lipinski definition) is 4. The summed E-state index contributed by atoms with van der Waals surface area (Å²) in [6, 6.07) is 8.53. The van der Waals surface area contributed by atoms with Crippen LogP contribution in [-0.4, -0.2) is 27.8 Å². The Balaban J connectivity index is 1.71. The average molecular weight is 419 g/mol. The minimum absolute atomic E-state index is 0.139. The van der Waals surface area contributed by atoms with E-state index < -0.39 is 0 Å². The van der Waals surface area contributed by atoms with Crippen molar-refractivity contribution in [1.29, 1.82) is 0 Å². The van der Waals surface area contributed by atoms with Gasteiger partial charge < -0.3 is 5.32 Å². The summed E-state index contributed by atoms with van der Waals surface area (Å²) >= 11 is 3.37. The van der Waals surface area contributed by atoms with Gasteiger partial charge in [-0.3, -0.25) is 9.69 Å². The van der Waals surface area contributed by atoms with Gasteiger partial charge in [0.25, 0.3) is 5.56 Å². The summed E-state index contributed by atoms with van der Waals surface area (Å²) in [6.45, 7) is 8.66. The van der Waals surface area contributed by atoms with Crippen LogP contribution in [-0.2, 0) is 20.1 Å². The van der Waals surface area contributed by atoms with Crippen LogP contribution in [0.5, 0.6) is 0 Å². The number of nitrogens with one attached hydrogen (secondary N) is 1. The van der Waals surface area contributed by atoms with Gasteiger partial charge in [0.05, 0.1) is 11.9 Å². The van der Waals surface area contributed by atoms with Crippen LogP contribution in [0.4, 0.5) is 5.69 Å². The predicted molar refractivity (Wildman–Crippen MR) is 109 cm³/mol. The molecular weight excluding hydrogens is 392 g/mol. The number of hydrogen-bond donors (Lipinski definition) is 1. The largest absolute Gasteiger partial charge is 0.379 e. The fourth-order valence-corrected chi connectivity index (χ4v) is 4.37. The van der Waals surface area contributed by atoms with E-state index >= 15 is 0 Å². The molecule has 2 heterocycles. The van der Waals surface area contributed by atoms with Gasteiger partial charge in [0.2, 0.25) is 0 Å². The van der Waals surface area contributed by atoms with Gasteiger partial charge in [0, 0.05) is 33.2 Å². The highest BCUT2D eigenvalue weighted by Crippen LogP contribution is 2.24. The number of halogens is 1. The molecule has 2 aromatic rings. The first-order valence-electron chi connectivity index (χ1n) is 9.19. The molecule has 26 heavy (non-hydrogen) atoms. The van der Waals surface area contributed by atoms with Gasteiger partial charge >= 0.3 is 0 Å². The third-order valence-electron chi connectivity index (χ3n) is 5.00. The molecule has 0 amide bonds. The van der Waals surface area contributed by atoms with E-state index in [1.807, 2.05) is 0 Å². The second kappa shape index (κ2) is 8.35. The van der Waals surface area contributed by atoms with Crippen LogP contribution in [0.3, 0.4) is 0 Å². The molecule has 3 rings (SSSR count). The standard InChI is InChI=1S/C20H27BrN4O/c1-14-8-15(2)12-25(11-14)13-17-7-5-4-6-16(17)9-22-18-10-23-24(3)20(26)19(18)21/h4-7,10,14-15,22H,8-9,11-13H2,1-3H3. The van der Waals surface area contributed by atoms with Gasteiger partial charge in [-0.2, -0.15) is 5.10 Å². The summed E-state index contributed by atoms with van der Waals surface area (Å²) in [6.07, 6.45) is 3.01. The minimum Gasteiger partial charge on any atom is -0.379 e. The number of nitrogens with zero attached hydrogens (tertiary/aromatic N) is 3. The SMILES string of the molecule is CC1CC(C)CN(Cc2ccccc2CNc2cnn(C)c(=O)c2Br)C1. The summed E-state index contributed by atoms with van der Waals surface area (Å²) in [4.78, 5) is 14.6. The van der Waals surface area contributed by atoms with Crippen LogP contribution in [0.1, 0.15) is 31.4 Å². The van der Waals surface area contributed by atoms with Crippen molar-refractivity contribution in [3.05, 3.63) is 56.4 Å². The third-order valence-corrected chi connectivity index (χ3v) is 5.77. The zero-order chi connectivity index (χ0) is 18.7. The van der Waals surface area contributed by atoms with E-state index in [1.165, 1.54) is 22.2 Å². The Bertz CT molecular complexity index is 810. The topological polar surface area (TPSA) is 50.2 Å². The lowest BCUT2D eigenvalue weighted by Crippen LogP contribution is -2.38. The zero-order valence-electron chi connectivity index (χ0n) is 15.7. The fraction of sp³-hybridized carbons (Fsp3) is 0.500. The molecule has 1 saturated heterocycles. The highest BCUT2D eigenvalue weighted by molar-refractivity contribution is 9.10. The van der Waals surface area contributed by atoms with E-state index in [9.17, 15) is 4.79 Å². The number of benzene rings is 1. The smallest absolute Gasteiger partial charge is 0.282 e. The Morgan fingerprint density at radius 2 is 1.85 bits per heavy atom. The van der Waals surface area contributed by atoms with Gasteiger partial charge in [0.1, 0.15) is 4.47 Å². The van der Waals surface area contributed by atoms with Crippen LogP contribution < -0.4 is 10.9 Å². The van der Waals surface area contributed by atoms with E-state index in [1.54, 1.807) is 13.2 Å². The fourth-order valence-electron chi connectivity index (χ4n) is 3.87. The average Bonchev–Trinajstić information content (AvgIpc) is 2.59. The molecule has 2 atom stereocenters. The van der Waals surface area contributed by atoms with E-state index in [0.717, 1.165) is 37.2 Å². The highest BCUT2D eigenvalue weighted by Gasteiger charge is 2.22. The van der Waals surface area contributed by atoms with E-state index in [2.05, 4.69) is 69.4 Å². The molecule has 1 aliphatic rings. The van der Waals surface area contributed by atoms with Gasteiger partial charge in [-0.05, 0) is 45.3 Å². The third kappa shape index (κ3) is 4.54. The summed E-state index contributed by atoms with van der Waals surface area (Å²) in [5.41, 5.74) is 3.18. The molecule has 2 unspecified atom stereocenters. The number of piperidine rings is 1. The maximum Gasteiger partial charge on any atom is 0.282 e. The molecular formula is C20H27BrN4O. The Morgan fingerprint density at radius 3 is 2.54 bits per heavy atom. The van der Waals surface area contributed by atoms with E-state index in [0.29, 0.717) is 11.0 Å². The van der Waals surface area contributed by atoms with Gasteiger partial charge in [-0.15, -0.1) is 0 Å². The molecule has 0 saturated carbocycles. The number of aromatic nitrogens is 2. The number of aryl methyl sites for hydroxylation is 1. The molecule has 0 aliphatic carbocycles. The first-order valence-corrected chi connectivity index (χ1v) is 9.98. The van der Waals surface area contributed by atoms with Crippen molar-refractivity contribution in [2.24, 2.45) is 18.9 Å². The molecule has 1 aliphatic heterocycles. The Labute approximate surface area is 163 Å². The molecule has 6 heteroatoms. The highest BCUT2D eigenvalue weighted by atomic mass is 79.9. The first-order chi connectivity index (χ1) is 12.4. The van der Waals surface area contributed by atoms with Crippen LogP contribution in [0.2, 0.25) is 0 Å². The molecule has 1 aromatic carbocycles. The van der Waals surface area contributed by atoms with Gasteiger partial charge in [0.15, 0.2) is 0 Å². The molecule has 0 bridgehead atoms. The lowest BCUT2D eigenvalue weighted by atomic mass is 9.91. The Hall–Kier alpha value is -1.66. The summed E-state index contributed by atoms with van der Waals surface area (Å²) in [5.74, 6) is 1.51. The van der Waals surface area contributed by atoms with Crippen molar-refractivity contribution < 1.29 is 0 Å². The monoisotopic (exact) mass is 418 g/mol. The number of likely N-dealkylation sites (tertiary alicyclic amines) is 1.